The van der Waals surface area contributed by atoms with Crippen LogP contribution in [0.1, 0.15) is 24.8 Å². The van der Waals surface area contributed by atoms with Gasteiger partial charge in [0.05, 0.1) is 0 Å². The second-order valence-electron chi connectivity index (χ2n) is 4.71. The van der Waals surface area contributed by atoms with Gasteiger partial charge in [0.25, 0.3) is 0 Å². The Morgan fingerprint density at radius 1 is 1.12 bits per heavy atom. The van der Waals surface area contributed by atoms with E-state index in [4.69, 9.17) is 0 Å². The fourth-order valence-corrected chi connectivity index (χ4v) is 2.53. The number of hydrogen-bond donors (Lipinski definition) is 1. The van der Waals surface area contributed by atoms with Gasteiger partial charge in [-0.2, -0.15) is 0 Å². The van der Waals surface area contributed by atoms with Crippen molar-refractivity contribution in [3.63, 3.8) is 0 Å². The zero-order valence-electron chi connectivity index (χ0n) is 10.3. The number of benzene rings is 1. The third-order valence-corrected chi connectivity index (χ3v) is 3.80. The van der Waals surface area contributed by atoms with Crippen molar-refractivity contribution in [2.45, 2.75) is 25.8 Å². The predicted molar refractivity (Wildman–Crippen MR) is 76.1 cm³/mol. The molecule has 1 aliphatic rings. The molecule has 0 saturated carbocycles. The summed E-state index contributed by atoms with van der Waals surface area (Å²) in [6, 6.07) is 8.53. The summed E-state index contributed by atoms with van der Waals surface area (Å²) in [6.07, 6.45) is 4.05. The number of rotatable bonds is 6. The quantitative estimate of drug-likeness (QED) is 0.812. The molecule has 0 aromatic heterocycles. The smallest absolute Gasteiger partial charge is 0.0205 e. The second-order valence-corrected chi connectivity index (χ2v) is 5.62. The molecule has 1 saturated heterocycles. The van der Waals surface area contributed by atoms with Crippen LogP contribution in [-0.4, -0.2) is 31.1 Å². The van der Waals surface area contributed by atoms with Crippen LogP contribution in [0.2, 0.25) is 0 Å². The summed E-state index contributed by atoms with van der Waals surface area (Å²) in [5.41, 5.74) is 1.36. The van der Waals surface area contributed by atoms with Crippen LogP contribution < -0.4 is 5.32 Å². The Kier molecular flexibility index (Phi) is 5.49. The highest BCUT2D eigenvalue weighted by Gasteiger charge is 2.09. The maximum atomic E-state index is 3.50. The molecule has 0 unspecified atom stereocenters. The van der Waals surface area contributed by atoms with E-state index in [2.05, 4.69) is 50.4 Å². The van der Waals surface area contributed by atoms with Gasteiger partial charge in [0.2, 0.25) is 0 Å². The van der Waals surface area contributed by atoms with Crippen molar-refractivity contribution in [3.05, 3.63) is 34.3 Å². The van der Waals surface area contributed by atoms with E-state index in [-0.39, 0.29) is 0 Å². The Balaban J connectivity index is 1.55. The van der Waals surface area contributed by atoms with Gasteiger partial charge in [0.15, 0.2) is 0 Å². The summed E-state index contributed by atoms with van der Waals surface area (Å²) in [6.45, 7) is 5.98. The minimum Gasteiger partial charge on any atom is -0.313 e. The minimum atomic E-state index is 0.979. The first-order valence-electron chi connectivity index (χ1n) is 6.52. The van der Waals surface area contributed by atoms with Crippen LogP contribution in [0, 0.1) is 0 Å². The summed E-state index contributed by atoms with van der Waals surface area (Å²) in [7, 11) is 0. The number of hydrogen-bond acceptors (Lipinski definition) is 2. The van der Waals surface area contributed by atoms with Crippen molar-refractivity contribution in [1.82, 2.24) is 10.2 Å². The number of likely N-dealkylation sites (tertiary alicyclic amines) is 1. The van der Waals surface area contributed by atoms with Crippen LogP contribution in [0.25, 0.3) is 0 Å². The highest BCUT2D eigenvalue weighted by Crippen LogP contribution is 2.10. The Morgan fingerprint density at radius 2 is 1.82 bits per heavy atom. The lowest BCUT2D eigenvalue weighted by atomic mass is 10.2. The monoisotopic (exact) mass is 296 g/mol. The van der Waals surface area contributed by atoms with Gasteiger partial charge < -0.3 is 10.2 Å². The number of halogens is 1. The molecule has 17 heavy (non-hydrogen) atoms. The molecule has 0 bridgehead atoms. The van der Waals surface area contributed by atoms with E-state index >= 15 is 0 Å². The van der Waals surface area contributed by atoms with Gasteiger partial charge in [0.1, 0.15) is 0 Å². The average Bonchev–Trinajstić information content (AvgIpc) is 2.84. The number of nitrogens with one attached hydrogen (secondary N) is 1. The van der Waals surface area contributed by atoms with Crippen LogP contribution in [-0.2, 0) is 6.54 Å². The average molecular weight is 297 g/mol. The minimum absolute atomic E-state index is 0.979. The zero-order valence-corrected chi connectivity index (χ0v) is 11.9. The molecule has 94 valence electrons. The Morgan fingerprint density at radius 3 is 2.53 bits per heavy atom. The first-order chi connectivity index (χ1) is 8.34. The normalized spacial score (nSPS) is 16.5. The van der Waals surface area contributed by atoms with Crippen molar-refractivity contribution in [2.75, 3.05) is 26.2 Å². The molecule has 0 radical (unpaired) electrons. The third kappa shape index (κ3) is 4.78. The summed E-state index contributed by atoms with van der Waals surface area (Å²) in [5.74, 6) is 0. The molecule has 0 spiro atoms. The molecule has 2 rings (SSSR count). The van der Waals surface area contributed by atoms with Gasteiger partial charge in [-0.1, -0.05) is 28.1 Å². The van der Waals surface area contributed by atoms with Crippen LogP contribution in [0.4, 0.5) is 0 Å². The lowest BCUT2D eigenvalue weighted by molar-refractivity contribution is 0.331. The van der Waals surface area contributed by atoms with Crippen molar-refractivity contribution < 1.29 is 0 Å². The summed E-state index contributed by atoms with van der Waals surface area (Å²) in [5, 5.41) is 3.50. The zero-order chi connectivity index (χ0) is 11.9. The highest BCUT2D eigenvalue weighted by atomic mass is 79.9. The Hall–Kier alpha value is -0.380. The topological polar surface area (TPSA) is 15.3 Å². The van der Waals surface area contributed by atoms with Gasteiger partial charge in [-0.05, 0) is 63.1 Å². The van der Waals surface area contributed by atoms with E-state index in [0.717, 1.165) is 17.6 Å². The van der Waals surface area contributed by atoms with E-state index in [1.54, 1.807) is 0 Å². The lowest BCUT2D eigenvalue weighted by Gasteiger charge is -2.14. The molecule has 0 amide bonds. The SMILES string of the molecule is Brc1ccc(CNCCCN2CCCC2)cc1. The third-order valence-electron chi connectivity index (χ3n) is 3.27. The molecule has 3 heteroatoms. The van der Waals surface area contributed by atoms with Crippen LogP contribution >= 0.6 is 15.9 Å². The van der Waals surface area contributed by atoms with Crippen molar-refractivity contribution in [2.24, 2.45) is 0 Å². The Labute approximate surface area is 113 Å². The second kappa shape index (κ2) is 7.14. The molecule has 1 aliphatic heterocycles. The van der Waals surface area contributed by atoms with E-state index < -0.39 is 0 Å². The lowest BCUT2D eigenvalue weighted by Crippen LogP contribution is -2.24. The number of nitrogens with zero attached hydrogens (tertiary/aromatic N) is 1. The maximum Gasteiger partial charge on any atom is 0.0205 e. The van der Waals surface area contributed by atoms with E-state index in [1.165, 1.54) is 44.5 Å². The summed E-state index contributed by atoms with van der Waals surface area (Å²) < 4.78 is 1.15. The van der Waals surface area contributed by atoms with Gasteiger partial charge in [-0.3, -0.25) is 0 Å². The standard InChI is InChI=1S/C14H21BrN2/c15-14-6-4-13(5-7-14)12-16-8-3-11-17-9-1-2-10-17/h4-7,16H,1-3,8-12H2. The Bertz CT molecular complexity index is 317. The molecular formula is C14H21BrN2. The fourth-order valence-electron chi connectivity index (χ4n) is 2.27. The molecule has 1 fully saturated rings. The molecular weight excluding hydrogens is 276 g/mol. The van der Waals surface area contributed by atoms with Crippen LogP contribution in [0.5, 0.6) is 0 Å². The first kappa shape index (κ1) is 13.1. The van der Waals surface area contributed by atoms with Crippen molar-refractivity contribution >= 4 is 15.9 Å². The van der Waals surface area contributed by atoms with Crippen LogP contribution in [0.15, 0.2) is 28.7 Å². The molecule has 1 aromatic rings. The van der Waals surface area contributed by atoms with Gasteiger partial charge in [-0.25, -0.2) is 0 Å². The molecule has 0 atom stereocenters. The maximum absolute atomic E-state index is 3.50. The van der Waals surface area contributed by atoms with E-state index in [9.17, 15) is 0 Å². The molecule has 1 N–H and O–H groups in total. The van der Waals surface area contributed by atoms with Crippen molar-refractivity contribution in [3.8, 4) is 0 Å². The fraction of sp³-hybridized carbons (Fsp3) is 0.571. The summed E-state index contributed by atoms with van der Waals surface area (Å²) in [4.78, 5) is 2.57. The predicted octanol–water partition coefficient (Wildman–Crippen LogP) is 3.02. The van der Waals surface area contributed by atoms with Crippen LogP contribution in [0.3, 0.4) is 0 Å². The van der Waals surface area contributed by atoms with Gasteiger partial charge >= 0.3 is 0 Å². The highest BCUT2D eigenvalue weighted by molar-refractivity contribution is 9.10. The van der Waals surface area contributed by atoms with Gasteiger partial charge in [0, 0.05) is 11.0 Å². The molecule has 1 aromatic carbocycles. The van der Waals surface area contributed by atoms with Crippen molar-refractivity contribution in [1.29, 1.82) is 0 Å². The molecule has 0 aliphatic carbocycles. The molecule has 2 nitrogen and oxygen atoms in total. The van der Waals surface area contributed by atoms with Gasteiger partial charge in [-0.15, -0.1) is 0 Å². The molecule has 1 heterocycles. The van der Waals surface area contributed by atoms with E-state index in [0.29, 0.717) is 0 Å². The largest absolute Gasteiger partial charge is 0.313 e. The first-order valence-corrected chi connectivity index (χ1v) is 7.31. The summed E-state index contributed by atoms with van der Waals surface area (Å²) >= 11 is 3.45. The van der Waals surface area contributed by atoms with E-state index in [1.807, 2.05) is 0 Å².